The Balaban J connectivity index is 1.63. The van der Waals surface area contributed by atoms with Gasteiger partial charge >= 0.3 is 0 Å². The first-order valence-electron chi connectivity index (χ1n) is 10.5. The van der Waals surface area contributed by atoms with E-state index in [0.29, 0.717) is 12.2 Å². The summed E-state index contributed by atoms with van der Waals surface area (Å²) >= 11 is 0. The van der Waals surface area contributed by atoms with E-state index < -0.39 is 10.8 Å². The van der Waals surface area contributed by atoms with Crippen LogP contribution in [0.4, 0.5) is 11.4 Å². The van der Waals surface area contributed by atoms with E-state index in [4.69, 9.17) is 4.98 Å². The van der Waals surface area contributed by atoms with E-state index >= 15 is 0 Å². The average Bonchev–Trinajstić information content (AvgIpc) is 3.34. The van der Waals surface area contributed by atoms with Gasteiger partial charge in [0, 0.05) is 42.3 Å². The second-order valence-corrected chi connectivity index (χ2v) is 7.60. The number of unbranched alkanes of at least 4 members (excludes halogenated alkanes) is 1. The Hall–Kier alpha value is -4.01. The minimum absolute atomic E-state index is 0.123. The van der Waals surface area contributed by atoms with Gasteiger partial charge in [-0.2, -0.15) is 0 Å². The summed E-state index contributed by atoms with van der Waals surface area (Å²) in [7, 11) is 0. The second kappa shape index (κ2) is 9.01. The quantitative estimate of drug-likeness (QED) is 0.325. The van der Waals surface area contributed by atoms with Gasteiger partial charge in [-0.1, -0.05) is 19.4 Å². The van der Waals surface area contributed by atoms with Crippen molar-refractivity contribution in [3.8, 4) is 0 Å². The van der Waals surface area contributed by atoms with Crippen molar-refractivity contribution >= 4 is 28.3 Å². The molecule has 0 unspecified atom stereocenters. The number of rotatable bonds is 8. The first-order chi connectivity index (χ1) is 15.5. The lowest BCUT2D eigenvalue weighted by molar-refractivity contribution is -0.384. The van der Waals surface area contributed by atoms with Crippen LogP contribution in [0.25, 0.3) is 11.0 Å². The molecule has 0 aliphatic rings. The molecule has 1 N–H and O–H groups in total. The van der Waals surface area contributed by atoms with Gasteiger partial charge < -0.3 is 14.5 Å². The number of nitro groups is 1. The molecule has 1 amide bonds. The SMILES string of the molecule is CCCCn1c(Cn2ccnc2C)nc2cc(NC(=O)c3cccc([N+](=O)[O-])c3)ccc21. The molecule has 0 saturated carbocycles. The second-order valence-electron chi connectivity index (χ2n) is 7.60. The molecule has 2 aromatic carbocycles. The summed E-state index contributed by atoms with van der Waals surface area (Å²) in [6.07, 6.45) is 5.81. The van der Waals surface area contributed by atoms with Gasteiger partial charge in [-0.3, -0.25) is 14.9 Å². The molecule has 2 heterocycles. The molecular formula is C23H24N6O3. The van der Waals surface area contributed by atoms with Gasteiger partial charge in [-0.05, 0) is 37.6 Å². The molecule has 0 atom stereocenters. The molecule has 0 spiro atoms. The van der Waals surface area contributed by atoms with Gasteiger partial charge in [-0.25, -0.2) is 9.97 Å². The van der Waals surface area contributed by atoms with Crippen LogP contribution in [-0.2, 0) is 13.1 Å². The lowest BCUT2D eigenvalue weighted by atomic mass is 10.2. The molecule has 4 rings (SSSR count). The highest BCUT2D eigenvalue weighted by molar-refractivity contribution is 6.05. The Morgan fingerprint density at radius 3 is 2.78 bits per heavy atom. The van der Waals surface area contributed by atoms with Crippen molar-refractivity contribution in [2.75, 3.05) is 5.32 Å². The Morgan fingerprint density at radius 2 is 2.06 bits per heavy atom. The Labute approximate surface area is 184 Å². The molecule has 0 saturated heterocycles. The van der Waals surface area contributed by atoms with Gasteiger partial charge in [-0.15, -0.1) is 0 Å². The van der Waals surface area contributed by atoms with E-state index in [9.17, 15) is 14.9 Å². The first-order valence-corrected chi connectivity index (χ1v) is 10.5. The smallest absolute Gasteiger partial charge is 0.270 e. The number of fused-ring (bicyclic) bond motifs is 1. The molecule has 32 heavy (non-hydrogen) atoms. The molecule has 0 aliphatic heterocycles. The van der Waals surface area contributed by atoms with Crippen molar-refractivity contribution in [2.24, 2.45) is 0 Å². The van der Waals surface area contributed by atoms with Crippen molar-refractivity contribution in [3.63, 3.8) is 0 Å². The number of nitro benzene ring substituents is 1. The molecule has 9 nitrogen and oxygen atoms in total. The average molecular weight is 432 g/mol. The Morgan fingerprint density at radius 1 is 1.22 bits per heavy atom. The van der Waals surface area contributed by atoms with E-state index in [1.165, 1.54) is 18.2 Å². The Kier molecular flexibility index (Phi) is 5.98. The first kappa shape index (κ1) is 21.2. The summed E-state index contributed by atoms with van der Waals surface area (Å²) in [4.78, 5) is 32.2. The van der Waals surface area contributed by atoms with Crippen molar-refractivity contribution in [1.29, 1.82) is 0 Å². The van der Waals surface area contributed by atoms with Crippen molar-refractivity contribution in [3.05, 3.63) is 82.2 Å². The summed E-state index contributed by atoms with van der Waals surface area (Å²) in [6, 6.07) is 11.3. The normalized spacial score (nSPS) is 11.1. The standard InChI is InChI=1S/C23H24N6O3/c1-3-4-11-28-21-9-8-18(25-23(30)17-6-5-7-19(13-17)29(31)32)14-20(21)26-22(28)15-27-12-10-24-16(27)2/h5-10,12-14H,3-4,11,15H2,1-2H3,(H,25,30). The number of nitrogens with zero attached hydrogens (tertiary/aromatic N) is 5. The van der Waals surface area contributed by atoms with Crippen molar-refractivity contribution < 1.29 is 9.72 Å². The third-order valence-electron chi connectivity index (χ3n) is 5.37. The highest BCUT2D eigenvalue weighted by Gasteiger charge is 2.15. The van der Waals surface area contributed by atoms with Gasteiger partial charge in [0.1, 0.15) is 11.6 Å². The van der Waals surface area contributed by atoms with Crippen LogP contribution in [0.15, 0.2) is 54.9 Å². The van der Waals surface area contributed by atoms with Crippen LogP contribution in [0, 0.1) is 17.0 Å². The fourth-order valence-electron chi connectivity index (χ4n) is 3.63. The lowest BCUT2D eigenvalue weighted by Crippen LogP contribution is -2.12. The van der Waals surface area contributed by atoms with E-state index in [1.54, 1.807) is 12.3 Å². The fraction of sp³-hybridized carbons (Fsp3) is 0.261. The predicted octanol–water partition coefficient (Wildman–Crippen LogP) is 4.55. The molecule has 2 aromatic heterocycles. The zero-order chi connectivity index (χ0) is 22.7. The maximum Gasteiger partial charge on any atom is 0.270 e. The third-order valence-corrected chi connectivity index (χ3v) is 5.37. The number of carbonyl (C=O) groups excluding carboxylic acids is 1. The summed E-state index contributed by atoms with van der Waals surface area (Å²) in [6.45, 7) is 5.58. The largest absolute Gasteiger partial charge is 0.328 e. The molecule has 0 fully saturated rings. The highest BCUT2D eigenvalue weighted by Crippen LogP contribution is 2.23. The van der Waals surface area contributed by atoms with Crippen molar-refractivity contribution in [1.82, 2.24) is 19.1 Å². The summed E-state index contributed by atoms with van der Waals surface area (Å²) in [5.74, 6) is 1.44. The number of anilines is 1. The number of carbonyl (C=O) groups is 1. The lowest BCUT2D eigenvalue weighted by Gasteiger charge is -2.10. The van der Waals surface area contributed by atoms with E-state index in [-0.39, 0.29) is 11.3 Å². The van der Waals surface area contributed by atoms with Gasteiger partial charge in [0.25, 0.3) is 11.6 Å². The zero-order valence-electron chi connectivity index (χ0n) is 18.0. The minimum Gasteiger partial charge on any atom is -0.328 e. The molecular weight excluding hydrogens is 408 g/mol. The van der Waals surface area contributed by atoms with E-state index in [0.717, 1.165) is 42.1 Å². The predicted molar refractivity (Wildman–Crippen MR) is 122 cm³/mol. The van der Waals surface area contributed by atoms with Gasteiger partial charge in [0.05, 0.1) is 22.5 Å². The summed E-state index contributed by atoms with van der Waals surface area (Å²) in [5.41, 5.74) is 2.47. The van der Waals surface area contributed by atoms with Crippen LogP contribution in [-0.4, -0.2) is 29.9 Å². The third kappa shape index (κ3) is 4.36. The van der Waals surface area contributed by atoms with E-state index in [2.05, 4.69) is 26.4 Å². The van der Waals surface area contributed by atoms with Crippen LogP contribution >= 0.6 is 0 Å². The molecule has 0 aliphatic carbocycles. The van der Waals surface area contributed by atoms with Crippen LogP contribution < -0.4 is 5.32 Å². The molecule has 9 heteroatoms. The van der Waals surface area contributed by atoms with Crippen LogP contribution in [0.2, 0.25) is 0 Å². The maximum atomic E-state index is 12.6. The maximum absolute atomic E-state index is 12.6. The number of benzene rings is 2. The number of amides is 1. The van der Waals surface area contributed by atoms with Gasteiger partial charge in [0.15, 0.2) is 0 Å². The molecule has 0 radical (unpaired) electrons. The van der Waals surface area contributed by atoms with Gasteiger partial charge in [0.2, 0.25) is 0 Å². The zero-order valence-corrected chi connectivity index (χ0v) is 18.0. The number of aromatic nitrogens is 4. The monoisotopic (exact) mass is 432 g/mol. The summed E-state index contributed by atoms with van der Waals surface area (Å²) in [5, 5.41) is 13.8. The Bertz CT molecular complexity index is 1290. The van der Waals surface area contributed by atoms with Crippen LogP contribution in [0.1, 0.15) is 41.8 Å². The number of nitrogens with one attached hydrogen (secondary N) is 1. The molecule has 4 aromatic rings. The number of hydrogen-bond acceptors (Lipinski definition) is 5. The number of hydrogen-bond donors (Lipinski definition) is 1. The highest BCUT2D eigenvalue weighted by atomic mass is 16.6. The van der Waals surface area contributed by atoms with Crippen molar-refractivity contribution in [2.45, 2.75) is 39.8 Å². The summed E-state index contributed by atoms with van der Waals surface area (Å²) < 4.78 is 4.26. The number of aryl methyl sites for hydroxylation is 2. The minimum atomic E-state index is -0.519. The van der Waals surface area contributed by atoms with Crippen LogP contribution in [0.3, 0.4) is 0 Å². The number of non-ortho nitro benzene ring substituents is 1. The fourth-order valence-corrected chi connectivity index (χ4v) is 3.63. The number of imidazole rings is 2. The molecule has 0 bridgehead atoms. The van der Waals surface area contributed by atoms with E-state index in [1.807, 2.05) is 31.3 Å². The molecule has 164 valence electrons. The van der Waals surface area contributed by atoms with Crippen LogP contribution in [0.5, 0.6) is 0 Å². The topological polar surface area (TPSA) is 108 Å².